The average Bonchev–Trinajstić information content (AvgIpc) is 3.12. The fourth-order valence-corrected chi connectivity index (χ4v) is 4.26. The number of amides is 1. The molecular weight excluding hydrogens is 396 g/mol. The van der Waals surface area contributed by atoms with Crippen LogP contribution in [0.15, 0.2) is 24.5 Å². The van der Waals surface area contributed by atoms with Gasteiger partial charge in [0, 0.05) is 36.0 Å². The minimum absolute atomic E-state index is 0.167. The summed E-state index contributed by atoms with van der Waals surface area (Å²) in [5, 5.41) is 7.12. The highest BCUT2D eigenvalue weighted by Gasteiger charge is 2.23. The number of pyridine rings is 1. The molecule has 3 N–H and O–H groups in total. The van der Waals surface area contributed by atoms with Gasteiger partial charge in [-0.05, 0) is 44.7 Å². The van der Waals surface area contributed by atoms with Crippen LogP contribution in [0.25, 0.3) is 22.3 Å². The van der Waals surface area contributed by atoms with Gasteiger partial charge in [0.05, 0.1) is 18.3 Å². The zero-order valence-electron chi connectivity index (χ0n) is 17.5. The topological polar surface area (TPSA) is 114 Å². The molecular formula is C22H26N6O3. The van der Waals surface area contributed by atoms with E-state index in [1.165, 1.54) is 0 Å². The second kappa shape index (κ2) is 8.50. The Bertz CT molecular complexity index is 1090. The van der Waals surface area contributed by atoms with Gasteiger partial charge >= 0.3 is 0 Å². The van der Waals surface area contributed by atoms with Crippen molar-refractivity contribution in [2.45, 2.75) is 44.8 Å². The van der Waals surface area contributed by atoms with Gasteiger partial charge in [0.2, 0.25) is 11.8 Å². The summed E-state index contributed by atoms with van der Waals surface area (Å²) in [5.41, 5.74) is 2.77. The summed E-state index contributed by atoms with van der Waals surface area (Å²) in [4.78, 5) is 29.1. The van der Waals surface area contributed by atoms with Crippen LogP contribution in [0.3, 0.4) is 0 Å². The van der Waals surface area contributed by atoms with Gasteiger partial charge in [0.1, 0.15) is 17.8 Å². The van der Waals surface area contributed by atoms with E-state index in [9.17, 15) is 4.79 Å². The zero-order chi connectivity index (χ0) is 21.2. The van der Waals surface area contributed by atoms with Gasteiger partial charge in [-0.15, -0.1) is 0 Å². The summed E-state index contributed by atoms with van der Waals surface area (Å²) < 4.78 is 11.4. The third-order valence-corrected chi connectivity index (χ3v) is 5.85. The molecule has 9 heteroatoms. The van der Waals surface area contributed by atoms with E-state index in [2.05, 4.69) is 30.6 Å². The number of rotatable bonds is 5. The van der Waals surface area contributed by atoms with Crippen molar-refractivity contribution in [1.82, 2.24) is 25.3 Å². The lowest BCUT2D eigenvalue weighted by Gasteiger charge is -2.28. The Labute approximate surface area is 180 Å². The third-order valence-electron chi connectivity index (χ3n) is 5.85. The Kier molecular flexibility index (Phi) is 5.42. The third kappa shape index (κ3) is 4.05. The van der Waals surface area contributed by atoms with Crippen molar-refractivity contribution < 1.29 is 14.3 Å². The van der Waals surface area contributed by atoms with Gasteiger partial charge in [-0.3, -0.25) is 4.79 Å². The molecule has 1 saturated carbocycles. The molecule has 9 nitrogen and oxygen atoms in total. The lowest BCUT2D eigenvalue weighted by Crippen LogP contribution is -2.30. The Morgan fingerprint density at radius 1 is 1.19 bits per heavy atom. The molecule has 0 aromatic carbocycles. The van der Waals surface area contributed by atoms with E-state index in [0.29, 0.717) is 48.4 Å². The smallest absolute Gasteiger partial charge is 0.256 e. The molecule has 0 radical (unpaired) electrons. The lowest BCUT2D eigenvalue weighted by atomic mass is 9.93. The molecule has 0 spiro atoms. The predicted molar refractivity (Wildman–Crippen MR) is 116 cm³/mol. The summed E-state index contributed by atoms with van der Waals surface area (Å²) in [6.45, 7) is 3.68. The monoisotopic (exact) mass is 422 g/mol. The highest BCUT2D eigenvalue weighted by atomic mass is 16.5. The number of aromatic amines is 1. The second-order valence-corrected chi connectivity index (χ2v) is 7.89. The molecule has 31 heavy (non-hydrogen) atoms. The fraction of sp³-hybridized carbons (Fsp3) is 0.455. The Balaban J connectivity index is 1.34. The quantitative estimate of drug-likeness (QED) is 0.579. The maximum Gasteiger partial charge on any atom is 0.256 e. The molecule has 2 aliphatic rings. The summed E-state index contributed by atoms with van der Waals surface area (Å²) in [6, 6.07) is 3.92. The molecule has 4 heterocycles. The number of nitrogens with one attached hydrogen (secondary N) is 3. The van der Waals surface area contributed by atoms with Crippen molar-refractivity contribution in [3.63, 3.8) is 0 Å². The van der Waals surface area contributed by atoms with E-state index >= 15 is 0 Å². The number of fused-ring (bicyclic) bond motifs is 2. The second-order valence-electron chi connectivity index (χ2n) is 7.89. The Hall–Kier alpha value is -3.20. The van der Waals surface area contributed by atoms with E-state index in [-0.39, 0.29) is 5.91 Å². The molecule has 1 amide bonds. The first-order valence-corrected chi connectivity index (χ1v) is 10.9. The van der Waals surface area contributed by atoms with Crippen LogP contribution in [-0.4, -0.2) is 57.7 Å². The number of hydrogen-bond donors (Lipinski definition) is 3. The number of anilines is 1. The van der Waals surface area contributed by atoms with Crippen LogP contribution in [0.1, 0.15) is 43.0 Å². The van der Waals surface area contributed by atoms with Crippen LogP contribution in [0, 0.1) is 0 Å². The van der Waals surface area contributed by atoms with E-state index in [1.807, 2.05) is 25.4 Å². The number of nitrogens with zero attached hydrogens (tertiary/aromatic N) is 3. The summed E-state index contributed by atoms with van der Waals surface area (Å²) in [7, 11) is 0. The van der Waals surface area contributed by atoms with Gasteiger partial charge in [0.15, 0.2) is 0 Å². The summed E-state index contributed by atoms with van der Waals surface area (Å²) >= 11 is 0. The number of ether oxygens (including phenoxy) is 2. The first kappa shape index (κ1) is 19.7. The normalized spacial score (nSPS) is 21.1. The lowest BCUT2D eigenvalue weighted by molar-refractivity contribution is 0.0346. The van der Waals surface area contributed by atoms with Gasteiger partial charge < -0.3 is 25.1 Å². The molecule has 0 atom stereocenters. The fourth-order valence-electron chi connectivity index (χ4n) is 4.26. The molecule has 3 aromatic heterocycles. The van der Waals surface area contributed by atoms with Crippen molar-refractivity contribution in [2.75, 3.05) is 25.1 Å². The van der Waals surface area contributed by atoms with Crippen molar-refractivity contribution in [3.8, 4) is 17.1 Å². The highest BCUT2D eigenvalue weighted by molar-refractivity contribution is 5.98. The maximum atomic E-state index is 12.1. The van der Waals surface area contributed by atoms with Gasteiger partial charge in [-0.2, -0.15) is 4.98 Å². The van der Waals surface area contributed by atoms with E-state index in [0.717, 1.165) is 48.9 Å². The first-order chi connectivity index (χ1) is 15.2. The SMILES string of the molecule is CCOC1CCC(Nc2ncc3c(-c4ccc5c(n4)OCCNC5=O)c[nH]c3n2)CC1. The number of H-pyrrole nitrogens is 1. The molecule has 5 rings (SSSR count). The van der Waals surface area contributed by atoms with E-state index < -0.39 is 0 Å². The predicted octanol–water partition coefficient (Wildman–Crippen LogP) is 2.90. The molecule has 3 aromatic rings. The van der Waals surface area contributed by atoms with E-state index in [4.69, 9.17) is 9.47 Å². The molecule has 0 saturated heterocycles. The Morgan fingerprint density at radius 3 is 2.90 bits per heavy atom. The van der Waals surface area contributed by atoms with Crippen molar-refractivity contribution >= 4 is 22.9 Å². The minimum atomic E-state index is -0.167. The van der Waals surface area contributed by atoms with Crippen LogP contribution in [0.2, 0.25) is 0 Å². The zero-order valence-corrected chi connectivity index (χ0v) is 17.5. The minimum Gasteiger partial charge on any atom is -0.475 e. The van der Waals surface area contributed by atoms with Crippen LogP contribution in [0.4, 0.5) is 5.95 Å². The summed E-state index contributed by atoms with van der Waals surface area (Å²) in [6.07, 6.45) is 8.27. The van der Waals surface area contributed by atoms with Crippen LogP contribution >= 0.6 is 0 Å². The molecule has 1 aliphatic heterocycles. The van der Waals surface area contributed by atoms with Crippen LogP contribution in [0.5, 0.6) is 5.88 Å². The Morgan fingerprint density at radius 2 is 2.06 bits per heavy atom. The number of hydrogen-bond acceptors (Lipinski definition) is 7. The largest absolute Gasteiger partial charge is 0.475 e. The van der Waals surface area contributed by atoms with E-state index in [1.54, 1.807) is 6.07 Å². The molecule has 1 fully saturated rings. The van der Waals surface area contributed by atoms with Crippen LogP contribution < -0.4 is 15.4 Å². The molecule has 1 aliphatic carbocycles. The average molecular weight is 422 g/mol. The highest BCUT2D eigenvalue weighted by Crippen LogP contribution is 2.30. The van der Waals surface area contributed by atoms with Gasteiger partial charge in [0.25, 0.3) is 5.91 Å². The number of aromatic nitrogens is 4. The first-order valence-electron chi connectivity index (χ1n) is 10.9. The maximum absolute atomic E-state index is 12.1. The molecule has 0 unspecified atom stereocenters. The van der Waals surface area contributed by atoms with Gasteiger partial charge in [-0.1, -0.05) is 0 Å². The molecule has 162 valence electrons. The van der Waals surface area contributed by atoms with Crippen LogP contribution in [-0.2, 0) is 4.74 Å². The van der Waals surface area contributed by atoms with Crippen molar-refractivity contribution in [3.05, 3.63) is 30.1 Å². The number of carbonyl (C=O) groups is 1. The standard InChI is InChI=1S/C22H26N6O3/c1-2-30-14-5-3-13(4-6-14)26-22-25-12-17-16(11-24-19(17)28-22)18-8-7-15-20(29)23-9-10-31-21(15)27-18/h7-8,11-14H,2-6,9-10H2,1H3,(H,23,29)(H2,24,25,26,28). The van der Waals surface area contributed by atoms with Crippen molar-refractivity contribution in [1.29, 1.82) is 0 Å². The van der Waals surface area contributed by atoms with Gasteiger partial charge in [-0.25, -0.2) is 9.97 Å². The summed E-state index contributed by atoms with van der Waals surface area (Å²) in [5.74, 6) is 0.805. The molecule has 0 bridgehead atoms. The van der Waals surface area contributed by atoms with Crippen molar-refractivity contribution in [2.24, 2.45) is 0 Å². The number of carbonyl (C=O) groups excluding carboxylic acids is 1.